The number of hydrogen-bond acceptors (Lipinski definition) is 4. The van der Waals surface area contributed by atoms with Gasteiger partial charge in [-0.1, -0.05) is 24.3 Å². The highest BCUT2D eigenvalue weighted by molar-refractivity contribution is 7.90. The molecule has 1 unspecified atom stereocenters. The quantitative estimate of drug-likeness (QED) is 0.436. The Morgan fingerprint density at radius 1 is 1.24 bits per heavy atom. The van der Waals surface area contributed by atoms with Gasteiger partial charge < -0.3 is 15.5 Å². The largest absolute Gasteiger partial charge is 0.364 e. The van der Waals surface area contributed by atoms with Crippen LogP contribution in [0.4, 0.5) is 5.69 Å². The van der Waals surface area contributed by atoms with E-state index in [1.165, 1.54) is 17.5 Å². The molecule has 138 valence electrons. The first-order chi connectivity index (χ1) is 11.9. The standard InChI is InChI=1S/C18H28N4O2S/c1-15(10-13-25(3,23)24)21-18(19-2)20-14-16-6-8-17(9-7-16)22-11-4-5-12-22/h4-9,15H,10-14H2,1-3H3,(H2,19,20,21). The van der Waals surface area contributed by atoms with Crippen molar-refractivity contribution in [2.75, 3.05) is 37.0 Å². The zero-order valence-electron chi connectivity index (χ0n) is 15.2. The van der Waals surface area contributed by atoms with Crippen LogP contribution in [0.2, 0.25) is 0 Å². The molecule has 2 rings (SSSR count). The normalized spacial score (nSPS) is 16.1. The molecular weight excluding hydrogens is 336 g/mol. The van der Waals surface area contributed by atoms with Crippen LogP contribution in [-0.4, -0.2) is 52.6 Å². The van der Waals surface area contributed by atoms with Crippen molar-refractivity contribution in [2.24, 2.45) is 4.99 Å². The molecule has 0 fully saturated rings. The van der Waals surface area contributed by atoms with Crippen LogP contribution in [-0.2, 0) is 16.4 Å². The first-order valence-corrected chi connectivity index (χ1v) is 10.6. The summed E-state index contributed by atoms with van der Waals surface area (Å²) in [7, 11) is -1.23. The van der Waals surface area contributed by atoms with Crippen molar-refractivity contribution in [3.05, 3.63) is 42.0 Å². The highest BCUT2D eigenvalue weighted by Crippen LogP contribution is 2.17. The average molecular weight is 365 g/mol. The molecule has 0 amide bonds. The van der Waals surface area contributed by atoms with Gasteiger partial charge in [0.15, 0.2) is 5.96 Å². The molecule has 1 aliphatic rings. The van der Waals surface area contributed by atoms with E-state index in [-0.39, 0.29) is 11.8 Å². The van der Waals surface area contributed by atoms with E-state index in [2.05, 4.69) is 56.9 Å². The van der Waals surface area contributed by atoms with Crippen molar-refractivity contribution < 1.29 is 8.42 Å². The van der Waals surface area contributed by atoms with E-state index in [0.29, 0.717) is 18.9 Å². The molecule has 1 atom stereocenters. The number of aliphatic imine (C=N–C) groups is 1. The zero-order valence-corrected chi connectivity index (χ0v) is 16.0. The lowest BCUT2D eigenvalue weighted by atomic mass is 10.2. The van der Waals surface area contributed by atoms with Crippen molar-refractivity contribution >= 4 is 21.5 Å². The van der Waals surface area contributed by atoms with Crippen LogP contribution in [0.25, 0.3) is 0 Å². The summed E-state index contributed by atoms with van der Waals surface area (Å²) in [6, 6.07) is 8.53. The summed E-state index contributed by atoms with van der Waals surface area (Å²) in [5.74, 6) is 0.846. The van der Waals surface area contributed by atoms with Crippen LogP contribution < -0.4 is 15.5 Å². The van der Waals surface area contributed by atoms with Gasteiger partial charge in [-0.15, -0.1) is 0 Å². The van der Waals surface area contributed by atoms with E-state index in [1.807, 2.05) is 6.92 Å². The molecule has 0 bridgehead atoms. The fourth-order valence-electron chi connectivity index (χ4n) is 2.59. The number of nitrogens with one attached hydrogen (secondary N) is 2. The zero-order chi connectivity index (χ0) is 18.3. The average Bonchev–Trinajstić information content (AvgIpc) is 3.11. The van der Waals surface area contributed by atoms with Crippen molar-refractivity contribution in [2.45, 2.75) is 25.9 Å². The second-order valence-corrected chi connectivity index (χ2v) is 8.69. The Morgan fingerprint density at radius 2 is 1.88 bits per heavy atom. The Balaban J connectivity index is 1.80. The van der Waals surface area contributed by atoms with Gasteiger partial charge in [0.05, 0.1) is 5.75 Å². The minimum atomic E-state index is -2.94. The molecule has 0 saturated carbocycles. The fourth-order valence-corrected chi connectivity index (χ4v) is 3.37. The third kappa shape index (κ3) is 6.78. The summed E-state index contributed by atoms with van der Waals surface area (Å²) in [4.78, 5) is 6.50. The highest BCUT2D eigenvalue weighted by atomic mass is 32.2. The molecule has 0 aromatic heterocycles. The van der Waals surface area contributed by atoms with E-state index in [0.717, 1.165) is 13.1 Å². The predicted octanol–water partition coefficient (Wildman–Crippen LogP) is 1.55. The molecule has 1 aromatic rings. The van der Waals surface area contributed by atoms with Crippen molar-refractivity contribution in [1.82, 2.24) is 10.6 Å². The van der Waals surface area contributed by atoms with Gasteiger partial charge in [0.1, 0.15) is 9.84 Å². The van der Waals surface area contributed by atoms with Gasteiger partial charge in [-0.05, 0) is 31.0 Å². The molecule has 1 aliphatic heterocycles. The van der Waals surface area contributed by atoms with Crippen molar-refractivity contribution in [3.63, 3.8) is 0 Å². The van der Waals surface area contributed by atoms with Gasteiger partial charge in [0.25, 0.3) is 0 Å². The molecule has 0 aliphatic carbocycles. The van der Waals surface area contributed by atoms with Gasteiger partial charge in [0.2, 0.25) is 0 Å². The lowest BCUT2D eigenvalue weighted by Gasteiger charge is -2.19. The fraction of sp³-hybridized carbons (Fsp3) is 0.500. The smallest absolute Gasteiger partial charge is 0.191 e. The number of hydrogen-bond donors (Lipinski definition) is 2. The van der Waals surface area contributed by atoms with Crippen LogP contribution in [0.3, 0.4) is 0 Å². The maximum atomic E-state index is 11.2. The minimum Gasteiger partial charge on any atom is -0.364 e. The van der Waals surface area contributed by atoms with Crippen molar-refractivity contribution in [1.29, 1.82) is 0 Å². The number of nitrogens with zero attached hydrogens (tertiary/aromatic N) is 2. The first-order valence-electron chi connectivity index (χ1n) is 8.51. The number of benzene rings is 1. The van der Waals surface area contributed by atoms with Crippen LogP contribution in [0.1, 0.15) is 18.9 Å². The predicted molar refractivity (Wildman–Crippen MR) is 105 cm³/mol. The van der Waals surface area contributed by atoms with E-state index in [1.54, 1.807) is 7.05 Å². The van der Waals surface area contributed by atoms with E-state index in [4.69, 9.17) is 0 Å². The van der Waals surface area contributed by atoms with Crippen LogP contribution >= 0.6 is 0 Å². The molecule has 0 spiro atoms. The van der Waals surface area contributed by atoms with Crippen LogP contribution in [0.5, 0.6) is 0 Å². The second kappa shape index (κ2) is 8.89. The molecule has 2 N–H and O–H groups in total. The third-order valence-corrected chi connectivity index (χ3v) is 5.09. The number of rotatable bonds is 7. The first kappa shape index (κ1) is 19.3. The lowest BCUT2D eigenvalue weighted by Crippen LogP contribution is -2.42. The monoisotopic (exact) mass is 364 g/mol. The second-order valence-electron chi connectivity index (χ2n) is 6.43. The Kier molecular flexibility index (Phi) is 6.87. The number of guanidine groups is 1. The molecule has 7 heteroatoms. The topological polar surface area (TPSA) is 73.8 Å². The van der Waals surface area contributed by atoms with E-state index >= 15 is 0 Å². The van der Waals surface area contributed by atoms with Gasteiger partial charge in [-0.2, -0.15) is 0 Å². The van der Waals surface area contributed by atoms with Gasteiger partial charge in [-0.3, -0.25) is 4.99 Å². The summed E-state index contributed by atoms with van der Waals surface area (Å²) in [5, 5.41) is 6.49. The summed E-state index contributed by atoms with van der Waals surface area (Å²) in [5.41, 5.74) is 2.40. The SMILES string of the molecule is CN=C(NCc1ccc(N2CC=CC2)cc1)NC(C)CCS(C)(=O)=O. The van der Waals surface area contributed by atoms with Crippen molar-refractivity contribution in [3.8, 4) is 0 Å². The molecule has 0 radical (unpaired) electrons. The Hall–Kier alpha value is -2.02. The lowest BCUT2D eigenvalue weighted by molar-refractivity contribution is 0.581. The van der Waals surface area contributed by atoms with Crippen LogP contribution in [0, 0.1) is 0 Å². The number of sulfone groups is 1. The Morgan fingerprint density at radius 3 is 2.44 bits per heavy atom. The summed E-state index contributed by atoms with van der Waals surface area (Å²) < 4.78 is 22.5. The Labute approximate surface area is 150 Å². The summed E-state index contributed by atoms with van der Waals surface area (Å²) in [6.07, 6.45) is 6.17. The summed E-state index contributed by atoms with van der Waals surface area (Å²) >= 11 is 0. The van der Waals surface area contributed by atoms with Gasteiger partial charge in [-0.25, -0.2) is 8.42 Å². The minimum absolute atomic E-state index is 0.0333. The summed E-state index contributed by atoms with van der Waals surface area (Å²) in [6.45, 7) is 4.56. The molecule has 25 heavy (non-hydrogen) atoms. The maximum absolute atomic E-state index is 11.2. The van der Waals surface area contributed by atoms with Gasteiger partial charge in [0, 0.05) is 44.7 Å². The van der Waals surface area contributed by atoms with E-state index in [9.17, 15) is 8.42 Å². The molecule has 1 heterocycles. The molecule has 0 saturated heterocycles. The maximum Gasteiger partial charge on any atom is 0.191 e. The Bertz CT molecular complexity index is 703. The molecule has 1 aromatic carbocycles. The molecular formula is C18H28N4O2S. The number of anilines is 1. The van der Waals surface area contributed by atoms with Crippen LogP contribution in [0.15, 0.2) is 41.4 Å². The highest BCUT2D eigenvalue weighted by Gasteiger charge is 2.10. The van der Waals surface area contributed by atoms with Gasteiger partial charge >= 0.3 is 0 Å². The third-order valence-electron chi connectivity index (χ3n) is 4.11. The van der Waals surface area contributed by atoms with E-state index < -0.39 is 9.84 Å². The molecule has 6 nitrogen and oxygen atoms in total.